The Hall–Kier alpha value is -5.43. The molecule has 0 fully saturated rings. The number of rotatable bonds is 3. The SMILES string of the molecule is Cc1c(C)c(C)c2c(c1C)c1c(C)c(C)c(C)c(C)c1n2-c1cc(-c2c(F)cccc2F)cc(C(F)(F)F)c1-n1c2c(C)c(C)c(C)c(C)c2c2c(C)c(C)c(C)c(C)c21. The number of halogens is 5. The second-order valence-electron chi connectivity index (χ2n) is 17.6. The minimum absolute atomic E-state index is 0.0798. The van der Waals surface area contributed by atoms with Crippen molar-refractivity contribution >= 4 is 43.6 Å². The van der Waals surface area contributed by atoms with Crippen LogP contribution in [0.15, 0.2) is 30.3 Å². The first-order chi connectivity index (χ1) is 28.0. The molecule has 7 heteroatoms. The number of nitrogens with zero attached hydrogens (tertiary/aromatic N) is 2. The van der Waals surface area contributed by atoms with E-state index in [-0.39, 0.29) is 16.9 Å². The molecule has 0 N–H and O–H groups in total. The highest BCUT2D eigenvalue weighted by Gasteiger charge is 2.40. The number of aromatic nitrogens is 2. The molecular weight excluding hydrogens is 760 g/mol. The highest BCUT2D eigenvalue weighted by Crippen LogP contribution is 2.51. The molecule has 0 saturated carbocycles. The lowest BCUT2D eigenvalue weighted by Crippen LogP contribution is -2.16. The summed E-state index contributed by atoms with van der Waals surface area (Å²) in [6.45, 7) is 32.9. The standard InChI is InChI=1S/C53H53F5N2/c1-22-26(5)34(13)48-43(30(22)9)44-31(10)23(2)27(6)35(14)49(44)59(48)42-21-38(47-40(54)18-17-19-41(47)55)20-39(53(56,57)58)52(42)60-50-36(15)28(7)24(3)32(11)45(50)46-33(12)25(4)29(8)37(16)51(46)60/h17-21H,1-16H3. The average molecular weight is 813 g/mol. The molecule has 0 bridgehead atoms. The minimum atomic E-state index is -4.95. The van der Waals surface area contributed by atoms with Gasteiger partial charge >= 0.3 is 6.18 Å². The maximum atomic E-state index is 16.5. The summed E-state index contributed by atoms with van der Waals surface area (Å²) in [5.41, 5.74) is 17.6. The Bertz CT molecular complexity index is 3080. The topological polar surface area (TPSA) is 9.86 Å². The predicted molar refractivity (Wildman–Crippen MR) is 241 cm³/mol. The van der Waals surface area contributed by atoms with Crippen molar-refractivity contribution in [3.05, 3.63) is 137 Å². The van der Waals surface area contributed by atoms with E-state index in [0.717, 1.165) is 140 Å². The summed E-state index contributed by atoms with van der Waals surface area (Å²) in [4.78, 5) is 0. The van der Waals surface area contributed by atoms with Crippen molar-refractivity contribution in [2.24, 2.45) is 0 Å². The minimum Gasteiger partial charge on any atom is -0.307 e. The molecule has 8 rings (SSSR count). The number of fused-ring (bicyclic) bond motifs is 6. The van der Waals surface area contributed by atoms with Gasteiger partial charge in [0.2, 0.25) is 0 Å². The lowest BCUT2D eigenvalue weighted by molar-refractivity contribution is -0.137. The third-order valence-corrected chi connectivity index (χ3v) is 15.1. The van der Waals surface area contributed by atoms with Crippen molar-refractivity contribution in [2.45, 2.75) is 117 Å². The van der Waals surface area contributed by atoms with Crippen LogP contribution in [-0.4, -0.2) is 9.13 Å². The van der Waals surface area contributed by atoms with E-state index in [4.69, 9.17) is 0 Å². The van der Waals surface area contributed by atoms with Crippen molar-refractivity contribution < 1.29 is 22.0 Å². The van der Waals surface area contributed by atoms with Crippen LogP contribution >= 0.6 is 0 Å². The number of hydrogen-bond acceptors (Lipinski definition) is 0. The number of benzene rings is 6. The number of aryl methyl sites for hydroxylation is 8. The number of alkyl halides is 3. The van der Waals surface area contributed by atoms with Gasteiger partial charge in [0.1, 0.15) is 11.6 Å². The molecule has 0 spiro atoms. The number of hydrogen-bond donors (Lipinski definition) is 0. The van der Waals surface area contributed by atoms with Gasteiger partial charge in [0.15, 0.2) is 0 Å². The van der Waals surface area contributed by atoms with Crippen molar-refractivity contribution in [3.63, 3.8) is 0 Å². The van der Waals surface area contributed by atoms with Crippen LogP contribution in [0.25, 0.3) is 66.1 Å². The summed E-state index contributed by atoms with van der Waals surface area (Å²) in [7, 11) is 0. The Labute approximate surface area is 349 Å². The first-order valence-electron chi connectivity index (χ1n) is 20.7. The Morgan fingerprint density at radius 3 is 1.00 bits per heavy atom. The molecule has 0 amide bonds. The van der Waals surface area contributed by atoms with Crippen molar-refractivity contribution in [3.8, 4) is 22.5 Å². The predicted octanol–water partition coefficient (Wildman–Crippen LogP) is 15.8. The largest absolute Gasteiger partial charge is 0.418 e. The summed E-state index contributed by atoms with van der Waals surface area (Å²) in [6.07, 6.45) is -4.95. The first kappa shape index (κ1) is 41.3. The maximum absolute atomic E-state index is 16.5. The van der Waals surface area contributed by atoms with Gasteiger partial charge in [-0.15, -0.1) is 0 Å². The molecule has 0 aliphatic rings. The molecule has 2 aromatic heterocycles. The Balaban J connectivity index is 1.82. The second kappa shape index (κ2) is 13.5. The van der Waals surface area contributed by atoms with E-state index in [1.165, 1.54) is 6.07 Å². The molecule has 2 heterocycles. The maximum Gasteiger partial charge on any atom is 0.418 e. The van der Waals surface area contributed by atoms with Crippen LogP contribution in [0, 0.1) is 122 Å². The summed E-state index contributed by atoms with van der Waals surface area (Å²) in [6, 6.07) is 5.99. The van der Waals surface area contributed by atoms with Crippen LogP contribution in [0.3, 0.4) is 0 Å². The molecule has 0 aliphatic carbocycles. The summed E-state index contributed by atoms with van der Waals surface area (Å²) < 4.78 is 85.5. The summed E-state index contributed by atoms with van der Waals surface area (Å²) in [5.74, 6) is -1.87. The van der Waals surface area contributed by atoms with Gasteiger partial charge in [0.05, 0.1) is 44.6 Å². The van der Waals surface area contributed by atoms with Crippen LogP contribution in [-0.2, 0) is 6.18 Å². The van der Waals surface area contributed by atoms with Gasteiger partial charge in [-0.05, 0) is 230 Å². The van der Waals surface area contributed by atoms with E-state index in [0.29, 0.717) is 11.0 Å². The first-order valence-corrected chi connectivity index (χ1v) is 20.7. The van der Waals surface area contributed by atoms with Gasteiger partial charge in [-0.1, -0.05) is 6.07 Å². The Kier molecular flexibility index (Phi) is 9.32. The quantitative estimate of drug-likeness (QED) is 0.157. The molecular formula is C53H53F5N2. The molecule has 0 saturated heterocycles. The van der Waals surface area contributed by atoms with Gasteiger partial charge in [-0.2, -0.15) is 13.2 Å². The van der Waals surface area contributed by atoms with Gasteiger partial charge in [-0.25, -0.2) is 8.78 Å². The van der Waals surface area contributed by atoms with Crippen LogP contribution in [0.5, 0.6) is 0 Å². The van der Waals surface area contributed by atoms with Gasteiger partial charge in [-0.3, -0.25) is 0 Å². The van der Waals surface area contributed by atoms with Crippen LogP contribution in [0.4, 0.5) is 22.0 Å². The van der Waals surface area contributed by atoms with Crippen molar-refractivity contribution in [1.29, 1.82) is 0 Å². The van der Waals surface area contributed by atoms with Gasteiger partial charge in [0.25, 0.3) is 0 Å². The molecule has 0 unspecified atom stereocenters. The molecule has 8 aromatic rings. The van der Waals surface area contributed by atoms with Crippen LogP contribution in [0.1, 0.15) is 94.6 Å². The molecule has 0 atom stereocenters. The highest BCUT2D eigenvalue weighted by atomic mass is 19.4. The van der Waals surface area contributed by atoms with Gasteiger partial charge < -0.3 is 9.13 Å². The monoisotopic (exact) mass is 812 g/mol. The van der Waals surface area contributed by atoms with Gasteiger partial charge in [0, 0.05) is 21.5 Å². The fraction of sp³-hybridized carbons (Fsp3) is 0.321. The smallest absolute Gasteiger partial charge is 0.307 e. The molecule has 2 nitrogen and oxygen atoms in total. The molecule has 0 radical (unpaired) electrons. The zero-order valence-corrected chi connectivity index (χ0v) is 37.7. The molecule has 310 valence electrons. The molecule has 6 aromatic carbocycles. The van der Waals surface area contributed by atoms with E-state index < -0.39 is 28.9 Å². The Morgan fingerprint density at radius 1 is 0.383 bits per heavy atom. The lowest BCUT2D eigenvalue weighted by Gasteiger charge is -2.26. The van der Waals surface area contributed by atoms with Crippen molar-refractivity contribution in [1.82, 2.24) is 9.13 Å². The van der Waals surface area contributed by atoms with E-state index in [1.54, 1.807) is 6.07 Å². The third-order valence-electron chi connectivity index (χ3n) is 15.1. The van der Waals surface area contributed by atoms with E-state index in [1.807, 2.05) is 50.7 Å². The van der Waals surface area contributed by atoms with Crippen LogP contribution < -0.4 is 0 Å². The normalized spacial score (nSPS) is 12.4. The molecule has 0 aliphatic heterocycles. The van der Waals surface area contributed by atoms with E-state index in [2.05, 4.69) is 69.2 Å². The second-order valence-corrected chi connectivity index (χ2v) is 17.6. The fourth-order valence-corrected chi connectivity index (χ4v) is 10.4. The summed E-state index contributed by atoms with van der Waals surface area (Å²) in [5, 5.41) is 3.76. The lowest BCUT2D eigenvalue weighted by atomic mass is 9.90. The van der Waals surface area contributed by atoms with E-state index >= 15 is 22.0 Å². The fourth-order valence-electron chi connectivity index (χ4n) is 10.4. The molecule has 60 heavy (non-hydrogen) atoms. The zero-order valence-electron chi connectivity index (χ0n) is 37.7. The zero-order chi connectivity index (χ0) is 44.1. The third kappa shape index (κ3) is 5.29. The van der Waals surface area contributed by atoms with Crippen LogP contribution in [0.2, 0.25) is 0 Å². The highest BCUT2D eigenvalue weighted by molar-refractivity contribution is 6.18. The van der Waals surface area contributed by atoms with Crippen molar-refractivity contribution in [2.75, 3.05) is 0 Å². The Morgan fingerprint density at radius 2 is 0.683 bits per heavy atom. The summed E-state index contributed by atoms with van der Waals surface area (Å²) >= 11 is 0. The van der Waals surface area contributed by atoms with E-state index in [9.17, 15) is 0 Å². The average Bonchev–Trinajstić information content (AvgIpc) is 3.75.